The first-order valence-corrected chi connectivity index (χ1v) is 8.50. The second-order valence-corrected chi connectivity index (χ2v) is 7.56. The third-order valence-corrected chi connectivity index (χ3v) is 6.21. The molecule has 0 spiro atoms. The highest BCUT2D eigenvalue weighted by Gasteiger charge is 2.48. The zero-order valence-corrected chi connectivity index (χ0v) is 12.6. The molecule has 4 aliphatic rings. The SMILES string of the molecule is O=C(NC1C2CC3CC(C2)CC1C3)c1ccc2nc[nH]c2c1. The average molecular weight is 295 g/mol. The molecule has 0 unspecified atom stereocenters. The maximum Gasteiger partial charge on any atom is 0.251 e. The average Bonchev–Trinajstić information content (AvgIpc) is 2.97. The van der Waals surface area contributed by atoms with E-state index in [2.05, 4.69) is 15.3 Å². The number of carbonyl (C=O) groups is 1. The number of nitrogens with zero attached hydrogens (tertiary/aromatic N) is 1. The van der Waals surface area contributed by atoms with Gasteiger partial charge in [0, 0.05) is 11.6 Å². The van der Waals surface area contributed by atoms with Gasteiger partial charge in [-0.2, -0.15) is 0 Å². The van der Waals surface area contributed by atoms with Crippen molar-refractivity contribution in [2.75, 3.05) is 0 Å². The minimum Gasteiger partial charge on any atom is -0.349 e. The molecule has 22 heavy (non-hydrogen) atoms. The van der Waals surface area contributed by atoms with Gasteiger partial charge in [0.1, 0.15) is 0 Å². The molecular formula is C18H21N3O. The van der Waals surface area contributed by atoms with Crippen LogP contribution in [0.3, 0.4) is 0 Å². The molecule has 0 atom stereocenters. The van der Waals surface area contributed by atoms with Crippen LogP contribution in [-0.2, 0) is 0 Å². The molecule has 4 aliphatic carbocycles. The molecule has 114 valence electrons. The van der Waals surface area contributed by atoms with Crippen molar-refractivity contribution in [2.24, 2.45) is 23.7 Å². The number of rotatable bonds is 2. The van der Waals surface area contributed by atoms with E-state index in [-0.39, 0.29) is 5.91 Å². The Balaban J connectivity index is 1.38. The Morgan fingerprint density at radius 1 is 1.09 bits per heavy atom. The molecule has 2 aromatic rings. The first kappa shape index (κ1) is 12.7. The van der Waals surface area contributed by atoms with Gasteiger partial charge in [-0.1, -0.05) is 0 Å². The topological polar surface area (TPSA) is 57.8 Å². The lowest BCUT2D eigenvalue weighted by atomic mass is 9.54. The van der Waals surface area contributed by atoms with Gasteiger partial charge >= 0.3 is 0 Å². The summed E-state index contributed by atoms with van der Waals surface area (Å²) in [6, 6.07) is 6.11. The Kier molecular flexibility index (Phi) is 2.64. The summed E-state index contributed by atoms with van der Waals surface area (Å²) < 4.78 is 0. The monoisotopic (exact) mass is 295 g/mol. The molecule has 4 nitrogen and oxygen atoms in total. The standard InChI is InChI=1S/C18H21N3O/c22-18(12-1-2-15-16(8-12)20-9-19-15)21-17-13-4-10-3-11(6-13)7-14(17)5-10/h1-2,8-11,13-14,17H,3-7H2,(H,19,20)(H,21,22). The normalized spacial score (nSPS) is 35.9. The van der Waals surface area contributed by atoms with Crippen LogP contribution in [0.25, 0.3) is 11.0 Å². The fraction of sp³-hybridized carbons (Fsp3) is 0.556. The van der Waals surface area contributed by atoms with Crippen molar-refractivity contribution in [3.05, 3.63) is 30.1 Å². The molecule has 4 fully saturated rings. The molecule has 4 heteroatoms. The maximum atomic E-state index is 12.7. The Hall–Kier alpha value is -1.84. The molecule has 6 rings (SSSR count). The van der Waals surface area contributed by atoms with Crippen LogP contribution in [0.1, 0.15) is 42.5 Å². The number of hydrogen-bond donors (Lipinski definition) is 2. The Bertz CT molecular complexity index is 707. The first-order chi connectivity index (χ1) is 10.8. The van der Waals surface area contributed by atoms with Gasteiger partial charge in [0.15, 0.2) is 0 Å². The summed E-state index contributed by atoms with van der Waals surface area (Å²) in [6.07, 6.45) is 8.44. The fourth-order valence-corrected chi connectivity index (χ4v) is 5.47. The molecule has 1 aromatic carbocycles. The molecule has 1 amide bonds. The summed E-state index contributed by atoms with van der Waals surface area (Å²) >= 11 is 0. The molecule has 0 radical (unpaired) electrons. The van der Waals surface area contributed by atoms with E-state index in [9.17, 15) is 4.79 Å². The fourth-order valence-electron chi connectivity index (χ4n) is 5.47. The summed E-state index contributed by atoms with van der Waals surface area (Å²) in [6.45, 7) is 0. The third-order valence-electron chi connectivity index (χ3n) is 6.21. The highest BCUT2D eigenvalue weighted by Crippen LogP contribution is 2.53. The summed E-state index contributed by atoms with van der Waals surface area (Å²) in [7, 11) is 0. The van der Waals surface area contributed by atoms with Crippen molar-refractivity contribution >= 4 is 16.9 Å². The zero-order chi connectivity index (χ0) is 14.7. The van der Waals surface area contributed by atoms with Gasteiger partial charge < -0.3 is 10.3 Å². The van der Waals surface area contributed by atoms with Crippen molar-refractivity contribution < 1.29 is 4.79 Å². The number of H-pyrrole nitrogens is 1. The number of aromatic amines is 1. The Labute approximate surface area is 129 Å². The lowest BCUT2D eigenvalue weighted by Crippen LogP contribution is -2.55. The number of carbonyl (C=O) groups excluding carboxylic acids is 1. The highest BCUT2D eigenvalue weighted by molar-refractivity contribution is 5.97. The van der Waals surface area contributed by atoms with Crippen molar-refractivity contribution in [3.8, 4) is 0 Å². The summed E-state index contributed by atoms with van der Waals surface area (Å²) in [5.41, 5.74) is 2.58. The molecule has 0 saturated heterocycles. The van der Waals surface area contributed by atoms with Crippen LogP contribution in [0.15, 0.2) is 24.5 Å². The highest BCUT2D eigenvalue weighted by atomic mass is 16.1. The van der Waals surface area contributed by atoms with Crippen LogP contribution in [0, 0.1) is 23.7 Å². The van der Waals surface area contributed by atoms with Crippen LogP contribution in [-0.4, -0.2) is 21.9 Å². The lowest BCUT2D eigenvalue weighted by Gasteiger charge is -2.54. The van der Waals surface area contributed by atoms with E-state index in [1.807, 2.05) is 18.2 Å². The van der Waals surface area contributed by atoms with Gasteiger partial charge in [0.2, 0.25) is 0 Å². The first-order valence-electron chi connectivity index (χ1n) is 8.50. The summed E-state index contributed by atoms with van der Waals surface area (Å²) in [5, 5.41) is 3.36. The van der Waals surface area contributed by atoms with E-state index in [1.54, 1.807) is 6.33 Å². The van der Waals surface area contributed by atoms with Crippen LogP contribution in [0.2, 0.25) is 0 Å². The van der Waals surface area contributed by atoms with E-state index in [4.69, 9.17) is 0 Å². The van der Waals surface area contributed by atoms with Crippen LogP contribution in [0.5, 0.6) is 0 Å². The molecule has 4 saturated carbocycles. The van der Waals surface area contributed by atoms with E-state index in [0.717, 1.165) is 40.3 Å². The predicted molar refractivity (Wildman–Crippen MR) is 84.4 cm³/mol. The van der Waals surface area contributed by atoms with Crippen molar-refractivity contribution in [3.63, 3.8) is 0 Å². The molecule has 1 heterocycles. The molecule has 2 N–H and O–H groups in total. The van der Waals surface area contributed by atoms with Crippen molar-refractivity contribution in [2.45, 2.75) is 38.1 Å². The van der Waals surface area contributed by atoms with Gasteiger partial charge in [-0.15, -0.1) is 0 Å². The summed E-state index contributed by atoms with van der Waals surface area (Å²) in [4.78, 5) is 19.9. The van der Waals surface area contributed by atoms with Gasteiger partial charge in [-0.05, 0) is 74.0 Å². The van der Waals surface area contributed by atoms with Crippen molar-refractivity contribution in [1.82, 2.24) is 15.3 Å². The molecular weight excluding hydrogens is 274 g/mol. The van der Waals surface area contributed by atoms with E-state index < -0.39 is 0 Å². The van der Waals surface area contributed by atoms with Gasteiger partial charge in [0.05, 0.1) is 17.4 Å². The largest absolute Gasteiger partial charge is 0.349 e. The van der Waals surface area contributed by atoms with Crippen LogP contribution >= 0.6 is 0 Å². The minimum atomic E-state index is 0.0778. The molecule has 1 aromatic heterocycles. The van der Waals surface area contributed by atoms with Gasteiger partial charge in [-0.25, -0.2) is 4.98 Å². The Morgan fingerprint density at radius 2 is 1.82 bits per heavy atom. The molecule has 4 bridgehead atoms. The van der Waals surface area contributed by atoms with E-state index in [1.165, 1.54) is 32.1 Å². The second-order valence-electron chi connectivity index (χ2n) is 7.56. The van der Waals surface area contributed by atoms with Gasteiger partial charge in [-0.3, -0.25) is 4.79 Å². The summed E-state index contributed by atoms with van der Waals surface area (Å²) in [5.74, 6) is 3.40. The third kappa shape index (κ3) is 1.89. The maximum absolute atomic E-state index is 12.7. The minimum absolute atomic E-state index is 0.0778. The second kappa shape index (κ2) is 4.58. The number of nitrogens with one attached hydrogen (secondary N) is 2. The Morgan fingerprint density at radius 3 is 2.55 bits per heavy atom. The van der Waals surface area contributed by atoms with Crippen molar-refractivity contribution in [1.29, 1.82) is 0 Å². The number of imidazole rings is 1. The number of hydrogen-bond acceptors (Lipinski definition) is 2. The lowest BCUT2D eigenvalue weighted by molar-refractivity contribution is -0.0119. The predicted octanol–water partition coefficient (Wildman–Crippen LogP) is 3.12. The molecule has 0 aliphatic heterocycles. The number of benzene rings is 1. The number of amides is 1. The smallest absolute Gasteiger partial charge is 0.251 e. The van der Waals surface area contributed by atoms with E-state index in [0.29, 0.717) is 6.04 Å². The van der Waals surface area contributed by atoms with E-state index >= 15 is 0 Å². The number of aromatic nitrogens is 2. The van der Waals surface area contributed by atoms with Gasteiger partial charge in [0.25, 0.3) is 5.91 Å². The zero-order valence-electron chi connectivity index (χ0n) is 12.6. The number of fused-ring (bicyclic) bond motifs is 1. The van der Waals surface area contributed by atoms with Crippen LogP contribution in [0.4, 0.5) is 0 Å². The van der Waals surface area contributed by atoms with Crippen LogP contribution < -0.4 is 5.32 Å². The quantitative estimate of drug-likeness (QED) is 0.894.